The standard InChI is InChI=1S/C15H22N2O4/c18-14(19)10-5-6-11(9-10)16-15(20)17-7-8-21-13-4-2-1-3-12(13)17/h5-6,10-13H,1-4,7-9H2,(H,16,20)(H,18,19). The van der Waals surface area contributed by atoms with Gasteiger partial charge in [0.2, 0.25) is 0 Å². The summed E-state index contributed by atoms with van der Waals surface area (Å²) >= 11 is 0. The normalized spacial score (nSPS) is 35.3. The van der Waals surface area contributed by atoms with Gasteiger partial charge in [-0.25, -0.2) is 4.79 Å². The smallest absolute Gasteiger partial charge is 0.318 e. The molecule has 3 aliphatic rings. The second-order valence-corrected chi connectivity index (χ2v) is 6.08. The first-order valence-electron chi connectivity index (χ1n) is 7.75. The lowest BCUT2D eigenvalue weighted by Gasteiger charge is -2.43. The molecule has 1 heterocycles. The number of aliphatic carboxylic acids is 1. The van der Waals surface area contributed by atoms with E-state index in [0.717, 1.165) is 19.3 Å². The van der Waals surface area contributed by atoms with E-state index in [2.05, 4.69) is 5.32 Å². The molecule has 3 rings (SSSR count). The number of amides is 2. The van der Waals surface area contributed by atoms with Crippen molar-refractivity contribution in [2.45, 2.75) is 50.3 Å². The van der Waals surface area contributed by atoms with Gasteiger partial charge in [-0.2, -0.15) is 0 Å². The molecule has 0 spiro atoms. The Morgan fingerprint density at radius 1 is 1.24 bits per heavy atom. The highest BCUT2D eigenvalue weighted by molar-refractivity contribution is 5.77. The molecule has 6 heteroatoms. The predicted octanol–water partition coefficient (Wildman–Crippen LogP) is 1.37. The number of carboxylic acids is 1. The maximum Gasteiger partial charge on any atom is 0.318 e. The molecular formula is C15H22N2O4. The SMILES string of the molecule is O=C(O)C1C=CC(NC(=O)N2CCOC3CCCCC32)C1. The third-order valence-corrected chi connectivity index (χ3v) is 4.70. The van der Waals surface area contributed by atoms with Crippen LogP contribution >= 0.6 is 0 Å². The highest BCUT2D eigenvalue weighted by atomic mass is 16.5. The number of fused-ring (bicyclic) bond motifs is 1. The zero-order chi connectivity index (χ0) is 14.8. The first-order valence-corrected chi connectivity index (χ1v) is 7.75. The Bertz CT molecular complexity index is 449. The summed E-state index contributed by atoms with van der Waals surface area (Å²) in [4.78, 5) is 25.3. The van der Waals surface area contributed by atoms with Crippen molar-refractivity contribution in [3.63, 3.8) is 0 Å². The van der Waals surface area contributed by atoms with Crippen LogP contribution in [0.4, 0.5) is 4.79 Å². The highest BCUT2D eigenvalue weighted by Gasteiger charge is 2.37. The molecule has 1 saturated carbocycles. The summed E-state index contributed by atoms with van der Waals surface area (Å²) in [5.74, 6) is -1.32. The fourth-order valence-corrected chi connectivity index (χ4v) is 3.58. The number of ether oxygens (including phenoxy) is 1. The second kappa shape index (κ2) is 6.05. The predicted molar refractivity (Wildman–Crippen MR) is 75.9 cm³/mol. The number of urea groups is 1. The number of nitrogens with zero attached hydrogens (tertiary/aromatic N) is 1. The first-order chi connectivity index (χ1) is 10.1. The lowest BCUT2D eigenvalue weighted by molar-refractivity contribution is -0.140. The average molecular weight is 294 g/mol. The fraction of sp³-hybridized carbons (Fsp3) is 0.733. The minimum Gasteiger partial charge on any atom is -0.481 e. The van der Waals surface area contributed by atoms with Crippen LogP contribution in [-0.4, -0.2) is 53.3 Å². The molecule has 2 N–H and O–H groups in total. The molecule has 1 aliphatic heterocycles. The number of rotatable bonds is 2. The Balaban J connectivity index is 1.57. The summed E-state index contributed by atoms with van der Waals surface area (Å²) in [5, 5.41) is 11.9. The van der Waals surface area contributed by atoms with Gasteiger partial charge in [0.05, 0.1) is 30.7 Å². The van der Waals surface area contributed by atoms with Crippen LogP contribution in [0.2, 0.25) is 0 Å². The summed E-state index contributed by atoms with van der Waals surface area (Å²) in [6, 6.07) is -0.0903. The summed E-state index contributed by atoms with van der Waals surface area (Å²) in [5.41, 5.74) is 0. The number of hydrogen-bond acceptors (Lipinski definition) is 3. The van der Waals surface area contributed by atoms with Gasteiger partial charge in [-0.05, 0) is 19.3 Å². The molecule has 21 heavy (non-hydrogen) atoms. The molecular weight excluding hydrogens is 272 g/mol. The maximum atomic E-state index is 12.5. The van der Waals surface area contributed by atoms with Crippen molar-refractivity contribution in [1.29, 1.82) is 0 Å². The third-order valence-electron chi connectivity index (χ3n) is 4.70. The molecule has 2 amide bonds. The van der Waals surface area contributed by atoms with Gasteiger partial charge in [0, 0.05) is 6.54 Å². The molecule has 116 valence electrons. The summed E-state index contributed by atoms with van der Waals surface area (Å²) in [6.45, 7) is 1.21. The first kappa shape index (κ1) is 14.4. The molecule has 4 unspecified atom stereocenters. The van der Waals surface area contributed by atoms with E-state index in [0.29, 0.717) is 19.6 Å². The number of carboxylic acid groups (broad SMARTS) is 1. The second-order valence-electron chi connectivity index (χ2n) is 6.08. The van der Waals surface area contributed by atoms with E-state index in [4.69, 9.17) is 9.84 Å². The van der Waals surface area contributed by atoms with Crippen LogP contribution in [-0.2, 0) is 9.53 Å². The van der Waals surface area contributed by atoms with Crippen LogP contribution in [0.3, 0.4) is 0 Å². The van der Waals surface area contributed by atoms with Gasteiger partial charge < -0.3 is 20.1 Å². The van der Waals surface area contributed by atoms with E-state index >= 15 is 0 Å². The largest absolute Gasteiger partial charge is 0.481 e. The number of morpholine rings is 1. The van der Waals surface area contributed by atoms with Crippen molar-refractivity contribution in [1.82, 2.24) is 10.2 Å². The van der Waals surface area contributed by atoms with E-state index < -0.39 is 11.9 Å². The van der Waals surface area contributed by atoms with Gasteiger partial charge in [-0.1, -0.05) is 25.0 Å². The van der Waals surface area contributed by atoms with E-state index in [1.54, 1.807) is 12.2 Å². The van der Waals surface area contributed by atoms with E-state index in [9.17, 15) is 9.59 Å². The van der Waals surface area contributed by atoms with Gasteiger partial charge >= 0.3 is 12.0 Å². The lowest BCUT2D eigenvalue weighted by atomic mass is 9.90. The average Bonchev–Trinajstić information content (AvgIpc) is 2.95. The molecule has 0 aromatic heterocycles. The number of carbonyl (C=O) groups is 2. The van der Waals surface area contributed by atoms with E-state index in [-0.39, 0.29) is 24.2 Å². The zero-order valence-electron chi connectivity index (χ0n) is 12.0. The quantitative estimate of drug-likeness (QED) is 0.754. The highest BCUT2D eigenvalue weighted by Crippen LogP contribution is 2.28. The molecule has 6 nitrogen and oxygen atoms in total. The van der Waals surface area contributed by atoms with Gasteiger partial charge in [0.15, 0.2) is 0 Å². The summed E-state index contributed by atoms with van der Waals surface area (Å²) < 4.78 is 5.77. The molecule has 1 saturated heterocycles. The van der Waals surface area contributed by atoms with Crippen molar-refractivity contribution in [3.8, 4) is 0 Å². The molecule has 0 aromatic carbocycles. The topological polar surface area (TPSA) is 78.9 Å². The van der Waals surface area contributed by atoms with Gasteiger partial charge in [0.1, 0.15) is 0 Å². The van der Waals surface area contributed by atoms with Crippen LogP contribution in [0.1, 0.15) is 32.1 Å². The molecule has 2 aliphatic carbocycles. The molecule has 0 bridgehead atoms. The Kier molecular flexibility index (Phi) is 4.14. The Labute approximate surface area is 124 Å². The maximum absolute atomic E-state index is 12.5. The summed E-state index contributed by atoms with van der Waals surface area (Å²) in [7, 11) is 0. The van der Waals surface area contributed by atoms with Crippen LogP contribution in [0.15, 0.2) is 12.2 Å². The Morgan fingerprint density at radius 2 is 2.05 bits per heavy atom. The van der Waals surface area contributed by atoms with Crippen LogP contribution in [0.5, 0.6) is 0 Å². The molecule has 2 fully saturated rings. The summed E-state index contributed by atoms with van der Waals surface area (Å²) in [6.07, 6.45) is 8.39. The van der Waals surface area contributed by atoms with Crippen molar-refractivity contribution in [2.75, 3.05) is 13.2 Å². The third kappa shape index (κ3) is 3.05. The van der Waals surface area contributed by atoms with Crippen molar-refractivity contribution in [3.05, 3.63) is 12.2 Å². The Morgan fingerprint density at radius 3 is 2.81 bits per heavy atom. The van der Waals surface area contributed by atoms with Crippen LogP contribution in [0.25, 0.3) is 0 Å². The number of hydrogen-bond donors (Lipinski definition) is 2. The lowest BCUT2D eigenvalue weighted by Crippen LogP contribution is -2.58. The van der Waals surface area contributed by atoms with Crippen LogP contribution < -0.4 is 5.32 Å². The minimum absolute atomic E-state index is 0.0871. The molecule has 0 aromatic rings. The van der Waals surface area contributed by atoms with Crippen molar-refractivity contribution >= 4 is 12.0 Å². The van der Waals surface area contributed by atoms with E-state index in [1.807, 2.05) is 4.90 Å². The van der Waals surface area contributed by atoms with Gasteiger partial charge in [-0.3, -0.25) is 4.79 Å². The van der Waals surface area contributed by atoms with E-state index in [1.165, 1.54) is 6.42 Å². The van der Waals surface area contributed by atoms with Crippen molar-refractivity contribution < 1.29 is 19.4 Å². The van der Waals surface area contributed by atoms with Crippen molar-refractivity contribution in [2.24, 2.45) is 5.92 Å². The zero-order valence-corrected chi connectivity index (χ0v) is 12.0. The van der Waals surface area contributed by atoms with Crippen LogP contribution in [0, 0.1) is 5.92 Å². The number of nitrogens with one attached hydrogen (secondary N) is 1. The van der Waals surface area contributed by atoms with Gasteiger partial charge in [0.25, 0.3) is 0 Å². The fourth-order valence-electron chi connectivity index (χ4n) is 3.58. The Hall–Kier alpha value is -1.56. The monoisotopic (exact) mass is 294 g/mol. The molecule has 4 atom stereocenters. The number of carbonyl (C=O) groups excluding carboxylic acids is 1. The minimum atomic E-state index is -0.832. The van der Waals surface area contributed by atoms with Gasteiger partial charge in [-0.15, -0.1) is 0 Å². The molecule has 0 radical (unpaired) electrons.